The van der Waals surface area contributed by atoms with E-state index in [9.17, 15) is 14.4 Å². The van der Waals surface area contributed by atoms with E-state index in [0.717, 1.165) is 11.3 Å². The van der Waals surface area contributed by atoms with E-state index in [-0.39, 0.29) is 5.78 Å². The van der Waals surface area contributed by atoms with Crippen molar-refractivity contribution in [3.8, 4) is 5.75 Å². The van der Waals surface area contributed by atoms with Crippen molar-refractivity contribution in [2.24, 2.45) is 11.5 Å². The van der Waals surface area contributed by atoms with Gasteiger partial charge in [-0.05, 0) is 69.7 Å². The zero-order valence-electron chi connectivity index (χ0n) is 18.0. The Balaban J connectivity index is 0.000000285. The van der Waals surface area contributed by atoms with Crippen molar-refractivity contribution < 1.29 is 23.9 Å². The summed E-state index contributed by atoms with van der Waals surface area (Å²) in [5, 5.41) is 0.524. The second kappa shape index (κ2) is 9.94. The van der Waals surface area contributed by atoms with Crippen LogP contribution in [0.5, 0.6) is 5.75 Å². The molecule has 8 heteroatoms. The average Bonchev–Trinajstić information content (AvgIpc) is 2.68. The van der Waals surface area contributed by atoms with E-state index in [1.54, 1.807) is 43.3 Å². The summed E-state index contributed by atoms with van der Waals surface area (Å²) in [7, 11) is 0. The molecule has 166 valence electrons. The largest absolute Gasteiger partial charge is 0.484 e. The molecule has 1 heterocycles. The van der Waals surface area contributed by atoms with Crippen molar-refractivity contribution in [1.82, 2.24) is 0 Å². The fraction of sp³-hybridized carbons (Fsp3) is 0.348. The van der Waals surface area contributed by atoms with Gasteiger partial charge in [0.1, 0.15) is 23.5 Å². The molecule has 3 rings (SSSR count). The molecule has 0 saturated heterocycles. The summed E-state index contributed by atoms with van der Waals surface area (Å²) in [6.45, 7) is 6.84. The number of hydrogen-bond donors (Lipinski definition) is 2. The van der Waals surface area contributed by atoms with E-state index in [0.29, 0.717) is 22.6 Å². The Morgan fingerprint density at radius 2 is 1.84 bits per heavy atom. The molecule has 0 aromatic heterocycles. The van der Waals surface area contributed by atoms with Crippen LogP contribution in [0.25, 0.3) is 0 Å². The minimum absolute atomic E-state index is 0.00763. The van der Waals surface area contributed by atoms with Crippen molar-refractivity contribution in [2.75, 3.05) is 0 Å². The topological polar surface area (TPSA) is 122 Å². The molecular weight excluding hydrogens is 420 g/mol. The number of Topliss-reactive ketones (excluding diaryl/α,β-unsaturated/α-hetero) is 1. The molecule has 0 aliphatic carbocycles. The predicted octanol–water partition coefficient (Wildman–Crippen LogP) is 3.30. The van der Waals surface area contributed by atoms with E-state index < -0.39 is 29.6 Å². The Bertz CT molecular complexity index is 988. The highest BCUT2D eigenvalue weighted by Gasteiger charge is 2.40. The highest BCUT2D eigenvalue weighted by Crippen LogP contribution is 2.35. The van der Waals surface area contributed by atoms with Crippen molar-refractivity contribution in [3.63, 3.8) is 0 Å². The minimum atomic E-state index is -0.675. The average molecular weight is 447 g/mol. The van der Waals surface area contributed by atoms with Crippen molar-refractivity contribution in [2.45, 2.75) is 51.9 Å². The zero-order chi connectivity index (χ0) is 23.3. The maximum atomic E-state index is 11.7. The Morgan fingerprint density at radius 3 is 2.35 bits per heavy atom. The third-order valence-corrected chi connectivity index (χ3v) is 5.00. The first-order chi connectivity index (χ1) is 14.4. The Kier molecular flexibility index (Phi) is 7.81. The van der Waals surface area contributed by atoms with E-state index in [1.165, 1.54) is 13.0 Å². The number of carbonyl (C=O) groups is 3. The number of ether oxygens (including phenoxy) is 2. The second-order valence-corrected chi connectivity index (χ2v) is 8.31. The van der Waals surface area contributed by atoms with Gasteiger partial charge in [0.25, 0.3) is 0 Å². The van der Waals surface area contributed by atoms with Crippen LogP contribution in [0.3, 0.4) is 0 Å². The number of carbonyl (C=O) groups excluding carboxylic acids is 3. The van der Waals surface area contributed by atoms with Crippen LogP contribution in [0.4, 0.5) is 0 Å². The smallest absolute Gasteiger partial charge is 0.323 e. The molecule has 31 heavy (non-hydrogen) atoms. The lowest BCUT2D eigenvalue weighted by Gasteiger charge is -2.39. The van der Waals surface area contributed by atoms with Crippen LogP contribution in [0, 0.1) is 0 Å². The minimum Gasteiger partial charge on any atom is -0.484 e. The van der Waals surface area contributed by atoms with Crippen molar-refractivity contribution >= 4 is 29.3 Å². The monoisotopic (exact) mass is 446 g/mol. The van der Waals surface area contributed by atoms with Gasteiger partial charge < -0.3 is 20.9 Å². The molecule has 0 radical (unpaired) electrons. The summed E-state index contributed by atoms with van der Waals surface area (Å²) in [6.07, 6.45) is 0.0627. The number of halogens is 1. The summed E-state index contributed by atoms with van der Waals surface area (Å²) >= 11 is 5.58. The maximum absolute atomic E-state index is 11.7. The van der Waals surface area contributed by atoms with E-state index in [4.69, 9.17) is 32.5 Å². The molecule has 1 aliphatic rings. The van der Waals surface area contributed by atoms with Gasteiger partial charge in [0.05, 0.1) is 0 Å². The molecular formula is C23H27ClN2O5. The predicted molar refractivity (Wildman–Crippen MR) is 118 cm³/mol. The van der Waals surface area contributed by atoms with Gasteiger partial charge >= 0.3 is 5.97 Å². The molecule has 0 unspecified atom stereocenters. The number of ketones is 1. The highest BCUT2D eigenvalue weighted by molar-refractivity contribution is 6.30. The van der Waals surface area contributed by atoms with Gasteiger partial charge in [0.15, 0.2) is 5.78 Å². The Morgan fingerprint density at radius 1 is 1.16 bits per heavy atom. The molecule has 4 N–H and O–H groups in total. The number of primary amides is 1. The van der Waals surface area contributed by atoms with Crippen LogP contribution in [0.15, 0.2) is 42.5 Å². The van der Waals surface area contributed by atoms with Crippen LogP contribution in [0.1, 0.15) is 54.0 Å². The molecule has 0 spiro atoms. The summed E-state index contributed by atoms with van der Waals surface area (Å²) < 4.78 is 11.4. The van der Waals surface area contributed by atoms with E-state index in [1.807, 2.05) is 13.8 Å². The van der Waals surface area contributed by atoms with Crippen LogP contribution in [0.2, 0.25) is 5.02 Å². The van der Waals surface area contributed by atoms with Gasteiger partial charge in [0, 0.05) is 22.6 Å². The normalized spacial score (nSPS) is 17.2. The second-order valence-electron chi connectivity index (χ2n) is 7.88. The fourth-order valence-electron chi connectivity index (χ4n) is 2.93. The van der Waals surface area contributed by atoms with E-state index >= 15 is 0 Å². The molecule has 2 atom stereocenters. The van der Waals surface area contributed by atoms with Crippen LogP contribution in [-0.2, 0) is 16.0 Å². The third-order valence-electron chi connectivity index (χ3n) is 4.76. The van der Waals surface area contributed by atoms with Gasteiger partial charge in [-0.3, -0.25) is 14.4 Å². The molecule has 0 saturated carbocycles. The van der Waals surface area contributed by atoms with Gasteiger partial charge in [-0.1, -0.05) is 17.7 Å². The van der Waals surface area contributed by atoms with E-state index in [2.05, 4.69) is 0 Å². The van der Waals surface area contributed by atoms with Crippen LogP contribution < -0.4 is 16.2 Å². The molecule has 2 aromatic carbocycles. The number of hydrogen-bond acceptors (Lipinski definition) is 6. The number of rotatable bonds is 4. The van der Waals surface area contributed by atoms with Gasteiger partial charge in [0.2, 0.25) is 5.91 Å². The Labute approximate surface area is 186 Å². The molecule has 1 aliphatic heterocycles. The van der Waals surface area contributed by atoms with Crippen LogP contribution >= 0.6 is 11.6 Å². The standard InChI is InChI=1S/C16H21NO4.C7H6ClNO/c1-9(17)15(19)20-14-8-12-7-11(10(2)18)5-6-13(12)21-16(14,3)4;8-6-3-1-2-5(4-6)7(9)10/h5-7,9,14H,8,17H2,1-4H3;1-4H,(H2,9,10)/t9-,14+;/m0./s1. The molecule has 0 fully saturated rings. The number of esters is 1. The highest BCUT2D eigenvalue weighted by atomic mass is 35.5. The summed E-state index contributed by atoms with van der Waals surface area (Å²) in [5.74, 6) is -0.199. The SMILES string of the molecule is CC(=O)c1ccc2c(c1)C[C@@H](OC(=O)[C@H](C)N)C(C)(C)O2.NC(=O)c1cccc(Cl)c1. The summed E-state index contributed by atoms with van der Waals surface area (Å²) in [4.78, 5) is 33.7. The molecule has 2 aromatic rings. The number of nitrogens with two attached hydrogens (primary N) is 2. The van der Waals surface area contributed by atoms with Crippen molar-refractivity contribution in [1.29, 1.82) is 0 Å². The van der Waals surface area contributed by atoms with Gasteiger partial charge in [-0.2, -0.15) is 0 Å². The molecule has 7 nitrogen and oxygen atoms in total. The number of amides is 1. The lowest BCUT2D eigenvalue weighted by atomic mass is 9.89. The summed E-state index contributed by atoms with van der Waals surface area (Å²) in [6, 6.07) is 11.2. The fourth-order valence-corrected chi connectivity index (χ4v) is 3.12. The quantitative estimate of drug-likeness (QED) is 0.548. The number of fused-ring (bicyclic) bond motifs is 1. The van der Waals surface area contributed by atoms with Crippen molar-refractivity contribution in [3.05, 3.63) is 64.2 Å². The lowest BCUT2D eigenvalue weighted by Crippen LogP contribution is -2.50. The third kappa shape index (κ3) is 6.54. The first-order valence-electron chi connectivity index (χ1n) is 9.75. The number of benzene rings is 2. The molecule has 1 amide bonds. The van der Waals surface area contributed by atoms with Gasteiger partial charge in [-0.25, -0.2) is 0 Å². The first kappa shape index (κ1) is 24.4. The van der Waals surface area contributed by atoms with Gasteiger partial charge in [-0.15, -0.1) is 0 Å². The Hall–Kier alpha value is -2.90. The molecule has 0 bridgehead atoms. The zero-order valence-corrected chi connectivity index (χ0v) is 18.7. The summed E-state index contributed by atoms with van der Waals surface area (Å²) in [5.41, 5.74) is 11.8. The first-order valence-corrected chi connectivity index (χ1v) is 10.1. The lowest BCUT2D eigenvalue weighted by molar-refractivity contribution is -0.162. The van der Waals surface area contributed by atoms with Crippen LogP contribution in [-0.4, -0.2) is 35.4 Å². The maximum Gasteiger partial charge on any atom is 0.323 e.